The Hall–Kier alpha value is -1.14. The van der Waals surface area contributed by atoms with Crippen LogP contribution in [-0.2, 0) is 16.0 Å². The number of anilines is 1. The fraction of sp³-hybridized carbons (Fsp3) is 0.692. The first kappa shape index (κ1) is 15.9. The van der Waals surface area contributed by atoms with E-state index in [2.05, 4.69) is 41.0 Å². The van der Waals surface area contributed by atoms with Gasteiger partial charge in [0.25, 0.3) is 0 Å². The van der Waals surface area contributed by atoms with Gasteiger partial charge in [0.1, 0.15) is 0 Å². The van der Waals surface area contributed by atoms with Gasteiger partial charge >= 0.3 is 5.97 Å². The van der Waals surface area contributed by atoms with E-state index in [1.165, 1.54) is 7.11 Å². The standard InChI is InChI=1S/C13H23N3O2S/c1-10(7-8-16(2)3)14-13-15-11(9-19-13)5-6-12(17)18-4/h9-10H,5-8H2,1-4H3,(H,14,15). The Morgan fingerprint density at radius 1 is 1.58 bits per heavy atom. The number of esters is 1. The molecule has 0 aliphatic rings. The van der Waals surface area contributed by atoms with Gasteiger partial charge in [-0.25, -0.2) is 4.98 Å². The molecule has 0 spiro atoms. The van der Waals surface area contributed by atoms with E-state index in [0.717, 1.165) is 23.8 Å². The van der Waals surface area contributed by atoms with Gasteiger partial charge in [-0.05, 0) is 34.0 Å². The average Bonchev–Trinajstić information content (AvgIpc) is 2.81. The van der Waals surface area contributed by atoms with Crippen molar-refractivity contribution in [2.75, 3.05) is 33.1 Å². The Morgan fingerprint density at radius 3 is 2.95 bits per heavy atom. The minimum Gasteiger partial charge on any atom is -0.469 e. The third-order valence-corrected chi connectivity index (χ3v) is 3.57. The highest BCUT2D eigenvalue weighted by Gasteiger charge is 2.08. The number of ether oxygens (including phenoxy) is 1. The Balaban J connectivity index is 2.35. The first-order chi connectivity index (χ1) is 9.01. The quantitative estimate of drug-likeness (QED) is 0.740. The fourth-order valence-electron chi connectivity index (χ4n) is 1.56. The van der Waals surface area contributed by atoms with Crippen LogP contribution >= 0.6 is 11.3 Å². The molecular formula is C13H23N3O2S. The smallest absolute Gasteiger partial charge is 0.305 e. The Bertz CT molecular complexity index is 393. The highest BCUT2D eigenvalue weighted by atomic mass is 32.1. The molecular weight excluding hydrogens is 262 g/mol. The molecule has 5 nitrogen and oxygen atoms in total. The summed E-state index contributed by atoms with van der Waals surface area (Å²) in [4.78, 5) is 17.7. The normalized spacial score (nSPS) is 12.5. The number of aromatic nitrogens is 1. The number of aryl methyl sites for hydroxylation is 1. The van der Waals surface area contributed by atoms with Crippen LogP contribution in [0.2, 0.25) is 0 Å². The monoisotopic (exact) mass is 285 g/mol. The SMILES string of the molecule is COC(=O)CCc1csc(NC(C)CCN(C)C)n1. The Labute approximate surface area is 119 Å². The van der Waals surface area contributed by atoms with Gasteiger partial charge in [-0.15, -0.1) is 11.3 Å². The van der Waals surface area contributed by atoms with Crippen LogP contribution in [0.3, 0.4) is 0 Å². The number of carbonyl (C=O) groups excluding carboxylic acids is 1. The van der Waals surface area contributed by atoms with Crippen molar-refractivity contribution in [2.24, 2.45) is 0 Å². The predicted octanol–water partition coefficient (Wildman–Crippen LogP) is 2.00. The molecule has 0 aromatic carbocycles. The molecule has 0 fully saturated rings. The summed E-state index contributed by atoms with van der Waals surface area (Å²) >= 11 is 1.58. The van der Waals surface area contributed by atoms with Crippen molar-refractivity contribution in [3.05, 3.63) is 11.1 Å². The average molecular weight is 285 g/mol. The molecule has 6 heteroatoms. The van der Waals surface area contributed by atoms with Crippen molar-refractivity contribution in [3.8, 4) is 0 Å². The van der Waals surface area contributed by atoms with E-state index in [-0.39, 0.29) is 5.97 Å². The van der Waals surface area contributed by atoms with Crippen molar-refractivity contribution >= 4 is 22.4 Å². The van der Waals surface area contributed by atoms with Gasteiger partial charge in [-0.1, -0.05) is 0 Å². The lowest BCUT2D eigenvalue weighted by Crippen LogP contribution is -2.22. The van der Waals surface area contributed by atoms with Crippen LogP contribution in [0.4, 0.5) is 5.13 Å². The summed E-state index contributed by atoms with van der Waals surface area (Å²) in [5.74, 6) is -0.193. The number of nitrogens with zero attached hydrogens (tertiary/aromatic N) is 2. The maximum Gasteiger partial charge on any atom is 0.305 e. The van der Waals surface area contributed by atoms with E-state index in [4.69, 9.17) is 0 Å². The summed E-state index contributed by atoms with van der Waals surface area (Å²) < 4.78 is 4.61. The molecule has 0 saturated carbocycles. The van der Waals surface area contributed by atoms with Crippen LogP contribution in [0.15, 0.2) is 5.38 Å². The Morgan fingerprint density at radius 2 is 2.32 bits per heavy atom. The van der Waals surface area contributed by atoms with Crippen LogP contribution in [0.5, 0.6) is 0 Å². The zero-order valence-electron chi connectivity index (χ0n) is 12.1. The fourth-order valence-corrected chi connectivity index (χ4v) is 2.41. The van der Waals surface area contributed by atoms with Gasteiger partial charge < -0.3 is 15.0 Å². The van der Waals surface area contributed by atoms with E-state index in [1.807, 2.05) is 5.38 Å². The zero-order valence-corrected chi connectivity index (χ0v) is 12.9. The summed E-state index contributed by atoms with van der Waals surface area (Å²) in [7, 11) is 5.55. The van der Waals surface area contributed by atoms with Gasteiger partial charge in [-0.3, -0.25) is 4.79 Å². The topological polar surface area (TPSA) is 54.5 Å². The van der Waals surface area contributed by atoms with Crippen molar-refractivity contribution in [2.45, 2.75) is 32.2 Å². The van der Waals surface area contributed by atoms with E-state index in [9.17, 15) is 4.79 Å². The maximum absolute atomic E-state index is 11.1. The molecule has 0 aliphatic heterocycles. The van der Waals surface area contributed by atoms with Crippen molar-refractivity contribution < 1.29 is 9.53 Å². The summed E-state index contributed by atoms with van der Waals surface area (Å²) in [6, 6.07) is 0.391. The van der Waals surface area contributed by atoms with Crippen LogP contribution in [0.1, 0.15) is 25.5 Å². The van der Waals surface area contributed by atoms with Crippen molar-refractivity contribution in [1.29, 1.82) is 0 Å². The number of hydrogen-bond donors (Lipinski definition) is 1. The van der Waals surface area contributed by atoms with Crippen LogP contribution < -0.4 is 5.32 Å². The molecule has 0 saturated heterocycles. The largest absolute Gasteiger partial charge is 0.469 e. The second-order valence-corrected chi connectivity index (χ2v) is 5.72. The molecule has 1 rings (SSSR count). The second-order valence-electron chi connectivity index (χ2n) is 4.86. The van der Waals surface area contributed by atoms with Crippen LogP contribution in [0.25, 0.3) is 0 Å². The number of methoxy groups -OCH3 is 1. The molecule has 0 radical (unpaired) electrons. The zero-order chi connectivity index (χ0) is 14.3. The minimum atomic E-state index is -0.193. The second kappa shape index (κ2) is 8.12. The third-order valence-electron chi connectivity index (χ3n) is 2.74. The number of carbonyl (C=O) groups is 1. The minimum absolute atomic E-state index is 0.193. The number of nitrogens with one attached hydrogen (secondary N) is 1. The first-order valence-corrected chi connectivity index (χ1v) is 7.31. The molecule has 0 amide bonds. The molecule has 108 valence electrons. The van der Waals surface area contributed by atoms with Gasteiger partial charge in [0.05, 0.1) is 19.2 Å². The molecule has 1 heterocycles. The molecule has 1 N–H and O–H groups in total. The summed E-state index contributed by atoms with van der Waals surface area (Å²) in [5.41, 5.74) is 0.942. The summed E-state index contributed by atoms with van der Waals surface area (Å²) in [5, 5.41) is 6.30. The van der Waals surface area contributed by atoms with E-state index in [0.29, 0.717) is 18.9 Å². The van der Waals surface area contributed by atoms with Gasteiger partial charge in [-0.2, -0.15) is 0 Å². The molecule has 1 aromatic rings. The molecule has 19 heavy (non-hydrogen) atoms. The van der Waals surface area contributed by atoms with Crippen molar-refractivity contribution in [3.63, 3.8) is 0 Å². The number of rotatable bonds is 8. The molecule has 0 aliphatic carbocycles. The third kappa shape index (κ3) is 6.54. The van der Waals surface area contributed by atoms with E-state index < -0.39 is 0 Å². The predicted molar refractivity (Wildman–Crippen MR) is 78.7 cm³/mol. The molecule has 1 unspecified atom stereocenters. The summed E-state index contributed by atoms with van der Waals surface area (Å²) in [6.45, 7) is 3.20. The lowest BCUT2D eigenvalue weighted by molar-refractivity contribution is -0.140. The molecule has 1 aromatic heterocycles. The van der Waals surface area contributed by atoms with Crippen LogP contribution in [0, 0.1) is 0 Å². The number of thiazole rings is 1. The molecule has 0 bridgehead atoms. The highest BCUT2D eigenvalue weighted by Crippen LogP contribution is 2.18. The first-order valence-electron chi connectivity index (χ1n) is 6.43. The highest BCUT2D eigenvalue weighted by molar-refractivity contribution is 7.13. The number of hydrogen-bond acceptors (Lipinski definition) is 6. The Kier molecular flexibility index (Phi) is 6.80. The van der Waals surface area contributed by atoms with E-state index in [1.54, 1.807) is 11.3 Å². The lowest BCUT2D eigenvalue weighted by atomic mass is 10.2. The molecule has 1 atom stereocenters. The van der Waals surface area contributed by atoms with Gasteiger partial charge in [0, 0.05) is 17.8 Å². The summed E-state index contributed by atoms with van der Waals surface area (Å²) in [6.07, 6.45) is 2.09. The van der Waals surface area contributed by atoms with Crippen LogP contribution in [-0.4, -0.2) is 49.6 Å². The van der Waals surface area contributed by atoms with Crippen molar-refractivity contribution in [1.82, 2.24) is 9.88 Å². The lowest BCUT2D eigenvalue weighted by Gasteiger charge is -2.15. The maximum atomic E-state index is 11.1. The van der Waals surface area contributed by atoms with Gasteiger partial charge in [0.15, 0.2) is 5.13 Å². The van der Waals surface area contributed by atoms with Gasteiger partial charge in [0.2, 0.25) is 0 Å². The van der Waals surface area contributed by atoms with E-state index >= 15 is 0 Å².